The normalized spacial score (nSPS) is 11.8. The van der Waals surface area contributed by atoms with Crippen LogP contribution in [0.3, 0.4) is 0 Å². The summed E-state index contributed by atoms with van der Waals surface area (Å²) in [5.41, 5.74) is 2.25. The van der Waals surface area contributed by atoms with Gasteiger partial charge >= 0.3 is 5.97 Å². The Bertz CT molecular complexity index is 566. The zero-order chi connectivity index (χ0) is 16.7. The van der Waals surface area contributed by atoms with Crippen LogP contribution in [-0.4, -0.2) is 29.1 Å². The molecule has 5 heteroatoms. The number of aromatic nitrogens is 1. The highest BCUT2D eigenvalue weighted by Crippen LogP contribution is 2.21. The number of hydrogen-bond donors (Lipinski definition) is 0. The summed E-state index contributed by atoms with van der Waals surface area (Å²) in [7, 11) is 0. The molecule has 0 amide bonds. The summed E-state index contributed by atoms with van der Waals surface area (Å²) in [6, 6.07) is 0. The van der Waals surface area contributed by atoms with Crippen LogP contribution in [0.15, 0.2) is 12.4 Å². The maximum atomic E-state index is 12.8. The molecule has 5 nitrogen and oxygen atoms in total. The van der Waals surface area contributed by atoms with Gasteiger partial charge in [0.1, 0.15) is 11.7 Å². The SMILES string of the molecule is CCOC(=O)C(CCC(C)=O)C(=O)c1cncc(C)c1CC. The molecule has 0 N–H and O–H groups in total. The molecule has 0 fully saturated rings. The van der Waals surface area contributed by atoms with Gasteiger partial charge < -0.3 is 9.53 Å². The second kappa shape index (κ2) is 8.41. The Kier molecular flexibility index (Phi) is 6.89. The van der Waals surface area contributed by atoms with Gasteiger partial charge in [0.25, 0.3) is 0 Å². The number of ketones is 2. The largest absolute Gasteiger partial charge is 0.465 e. The summed E-state index contributed by atoms with van der Waals surface area (Å²) >= 11 is 0. The lowest BCUT2D eigenvalue weighted by Crippen LogP contribution is -2.28. The number of nitrogens with zero attached hydrogens (tertiary/aromatic N) is 1. The molecule has 0 spiro atoms. The molecule has 1 aromatic heterocycles. The van der Waals surface area contributed by atoms with E-state index in [1.165, 1.54) is 13.1 Å². The summed E-state index contributed by atoms with van der Waals surface area (Å²) in [5, 5.41) is 0. The molecule has 0 radical (unpaired) electrons. The Morgan fingerprint density at radius 3 is 2.45 bits per heavy atom. The highest BCUT2D eigenvalue weighted by Gasteiger charge is 2.30. The second-order valence-electron chi connectivity index (χ2n) is 5.25. The van der Waals surface area contributed by atoms with E-state index in [4.69, 9.17) is 4.74 Å². The lowest BCUT2D eigenvalue weighted by atomic mass is 9.89. The highest BCUT2D eigenvalue weighted by molar-refractivity contribution is 6.09. The first-order chi connectivity index (χ1) is 10.4. The maximum absolute atomic E-state index is 12.8. The van der Waals surface area contributed by atoms with Crippen molar-refractivity contribution >= 4 is 17.5 Å². The van der Waals surface area contributed by atoms with E-state index in [2.05, 4.69) is 4.98 Å². The van der Waals surface area contributed by atoms with E-state index in [0.29, 0.717) is 12.0 Å². The minimum absolute atomic E-state index is 0.0554. The third-order valence-electron chi connectivity index (χ3n) is 3.56. The van der Waals surface area contributed by atoms with Crippen molar-refractivity contribution in [3.05, 3.63) is 29.1 Å². The lowest BCUT2D eigenvalue weighted by Gasteiger charge is -2.16. The van der Waals surface area contributed by atoms with Gasteiger partial charge in [-0.15, -0.1) is 0 Å². The Balaban J connectivity index is 3.13. The molecule has 1 unspecified atom stereocenters. The molecule has 1 aromatic rings. The van der Waals surface area contributed by atoms with Crippen LogP contribution in [0.25, 0.3) is 0 Å². The van der Waals surface area contributed by atoms with Crippen LogP contribution in [0.5, 0.6) is 0 Å². The first-order valence-electron chi connectivity index (χ1n) is 7.56. The zero-order valence-corrected chi connectivity index (χ0v) is 13.6. The van der Waals surface area contributed by atoms with Gasteiger partial charge in [0, 0.05) is 24.4 Å². The van der Waals surface area contributed by atoms with E-state index in [1.807, 2.05) is 13.8 Å². The van der Waals surface area contributed by atoms with Crippen LogP contribution >= 0.6 is 0 Å². The number of pyridine rings is 1. The predicted molar refractivity (Wildman–Crippen MR) is 82.7 cm³/mol. The van der Waals surface area contributed by atoms with Crippen molar-refractivity contribution in [2.75, 3.05) is 6.61 Å². The van der Waals surface area contributed by atoms with Crippen molar-refractivity contribution in [3.63, 3.8) is 0 Å². The summed E-state index contributed by atoms with van der Waals surface area (Å²) in [5.74, 6) is -1.89. The summed E-state index contributed by atoms with van der Waals surface area (Å²) in [4.78, 5) is 40.1. The number of rotatable bonds is 8. The van der Waals surface area contributed by atoms with Gasteiger partial charge in [-0.2, -0.15) is 0 Å². The third kappa shape index (κ3) is 4.48. The van der Waals surface area contributed by atoms with E-state index < -0.39 is 11.9 Å². The number of carbonyl (C=O) groups excluding carboxylic acids is 3. The minimum Gasteiger partial charge on any atom is -0.465 e. The van der Waals surface area contributed by atoms with Gasteiger partial charge in [-0.1, -0.05) is 6.92 Å². The van der Waals surface area contributed by atoms with Gasteiger partial charge in [0.2, 0.25) is 0 Å². The second-order valence-corrected chi connectivity index (χ2v) is 5.25. The smallest absolute Gasteiger partial charge is 0.316 e. The molecule has 0 bridgehead atoms. The van der Waals surface area contributed by atoms with Crippen LogP contribution in [0.2, 0.25) is 0 Å². The third-order valence-corrected chi connectivity index (χ3v) is 3.56. The average Bonchev–Trinajstić information content (AvgIpc) is 2.46. The van der Waals surface area contributed by atoms with Crippen molar-refractivity contribution < 1.29 is 19.1 Å². The number of esters is 1. The van der Waals surface area contributed by atoms with Crippen molar-refractivity contribution in [1.29, 1.82) is 0 Å². The van der Waals surface area contributed by atoms with E-state index in [1.54, 1.807) is 13.1 Å². The van der Waals surface area contributed by atoms with Crippen LogP contribution in [-0.2, 0) is 20.7 Å². The number of ether oxygens (including phenoxy) is 1. The quantitative estimate of drug-likeness (QED) is 0.419. The number of carbonyl (C=O) groups is 3. The Labute approximate surface area is 131 Å². The number of hydrogen-bond acceptors (Lipinski definition) is 5. The Morgan fingerprint density at radius 1 is 1.23 bits per heavy atom. The van der Waals surface area contributed by atoms with Crippen molar-refractivity contribution in [3.8, 4) is 0 Å². The lowest BCUT2D eigenvalue weighted by molar-refractivity contribution is -0.146. The Hall–Kier alpha value is -2.04. The molecular formula is C17H23NO4. The number of aryl methyl sites for hydroxylation is 1. The standard InChI is InChI=1S/C17H23NO4/c1-5-13-11(3)9-18-10-15(13)16(20)14(8-7-12(4)19)17(21)22-6-2/h9-10,14H,5-8H2,1-4H3. The predicted octanol–water partition coefficient (Wildman–Crippen LogP) is 2.68. The fourth-order valence-electron chi connectivity index (χ4n) is 2.41. The first-order valence-corrected chi connectivity index (χ1v) is 7.56. The average molecular weight is 305 g/mol. The molecule has 0 saturated heterocycles. The maximum Gasteiger partial charge on any atom is 0.316 e. The molecular weight excluding hydrogens is 282 g/mol. The monoisotopic (exact) mass is 305 g/mol. The molecule has 0 saturated carbocycles. The van der Waals surface area contributed by atoms with Crippen LogP contribution in [0.1, 0.15) is 55.1 Å². The summed E-state index contributed by atoms with van der Waals surface area (Å²) in [6.07, 6.45) is 4.22. The van der Waals surface area contributed by atoms with E-state index in [-0.39, 0.29) is 31.0 Å². The molecule has 1 atom stereocenters. The molecule has 0 aromatic carbocycles. The fraction of sp³-hybridized carbons (Fsp3) is 0.529. The van der Waals surface area contributed by atoms with Crippen LogP contribution in [0, 0.1) is 12.8 Å². The molecule has 0 aliphatic heterocycles. The topological polar surface area (TPSA) is 73.3 Å². The van der Waals surface area contributed by atoms with Gasteiger partial charge in [-0.05, 0) is 44.7 Å². The summed E-state index contributed by atoms with van der Waals surface area (Å²) < 4.78 is 4.99. The van der Waals surface area contributed by atoms with E-state index in [9.17, 15) is 14.4 Å². The van der Waals surface area contributed by atoms with Gasteiger partial charge in [0.05, 0.1) is 6.61 Å². The Morgan fingerprint density at radius 2 is 1.91 bits per heavy atom. The van der Waals surface area contributed by atoms with Crippen LogP contribution in [0.4, 0.5) is 0 Å². The van der Waals surface area contributed by atoms with Crippen molar-refractivity contribution in [1.82, 2.24) is 4.98 Å². The highest BCUT2D eigenvalue weighted by atomic mass is 16.5. The van der Waals surface area contributed by atoms with Gasteiger partial charge in [0.15, 0.2) is 5.78 Å². The summed E-state index contributed by atoms with van der Waals surface area (Å²) in [6.45, 7) is 7.18. The van der Waals surface area contributed by atoms with Crippen molar-refractivity contribution in [2.45, 2.75) is 47.0 Å². The molecule has 120 valence electrons. The molecule has 0 aliphatic rings. The van der Waals surface area contributed by atoms with E-state index in [0.717, 1.165) is 11.1 Å². The van der Waals surface area contributed by atoms with Gasteiger partial charge in [-0.25, -0.2) is 0 Å². The fourth-order valence-corrected chi connectivity index (χ4v) is 2.41. The van der Waals surface area contributed by atoms with E-state index >= 15 is 0 Å². The molecule has 1 rings (SSSR count). The van der Waals surface area contributed by atoms with Crippen LogP contribution < -0.4 is 0 Å². The molecule has 22 heavy (non-hydrogen) atoms. The molecule has 0 aliphatic carbocycles. The van der Waals surface area contributed by atoms with Gasteiger partial charge in [-0.3, -0.25) is 14.6 Å². The molecule has 1 heterocycles. The van der Waals surface area contributed by atoms with Crippen molar-refractivity contribution in [2.24, 2.45) is 5.92 Å². The first kappa shape index (κ1) is 18.0. The minimum atomic E-state index is -0.947. The number of Topliss-reactive ketones (excluding diaryl/α,β-unsaturated/α-hetero) is 2. The zero-order valence-electron chi connectivity index (χ0n) is 13.6.